The Morgan fingerprint density at radius 1 is 1.45 bits per heavy atom. The number of hydrogen-bond acceptors (Lipinski definition) is 4. The maximum absolute atomic E-state index is 12.5. The average Bonchev–Trinajstić information content (AvgIpc) is 2.75. The van der Waals surface area contributed by atoms with E-state index in [-0.39, 0.29) is 24.4 Å². The van der Waals surface area contributed by atoms with Gasteiger partial charge < -0.3 is 5.32 Å². The van der Waals surface area contributed by atoms with Crippen LogP contribution >= 0.6 is 0 Å². The molecule has 10 heteroatoms. The Hall–Kier alpha value is -1.13. The van der Waals surface area contributed by atoms with E-state index in [0.29, 0.717) is 0 Å². The maximum Gasteiger partial charge on any atom is 0.403 e. The van der Waals surface area contributed by atoms with Crippen molar-refractivity contribution in [3.05, 3.63) is 12.3 Å². The van der Waals surface area contributed by atoms with Crippen LogP contribution in [0.2, 0.25) is 0 Å². The number of alkyl halides is 3. The van der Waals surface area contributed by atoms with Crippen LogP contribution in [0.1, 0.15) is 12.8 Å². The fraction of sp³-hybridized carbons (Fsp3) is 0.700. The van der Waals surface area contributed by atoms with Gasteiger partial charge in [-0.2, -0.15) is 18.3 Å². The van der Waals surface area contributed by atoms with Crippen LogP contribution in [-0.4, -0.2) is 43.0 Å². The lowest BCUT2D eigenvalue weighted by molar-refractivity contribution is -0.160. The third kappa shape index (κ3) is 3.30. The van der Waals surface area contributed by atoms with Gasteiger partial charge in [-0.15, -0.1) is 0 Å². The smallest absolute Gasteiger partial charge is 0.305 e. The molecule has 2 N–H and O–H groups in total. The van der Waals surface area contributed by atoms with Gasteiger partial charge in [0.25, 0.3) is 10.0 Å². The van der Waals surface area contributed by atoms with Crippen molar-refractivity contribution in [2.75, 3.05) is 6.54 Å². The third-order valence-electron chi connectivity index (χ3n) is 3.18. The second kappa shape index (κ2) is 5.34. The normalized spacial score (nSPS) is 24.8. The van der Waals surface area contributed by atoms with Crippen LogP contribution in [0.25, 0.3) is 0 Å². The molecule has 1 aliphatic rings. The van der Waals surface area contributed by atoms with Gasteiger partial charge in [-0.25, -0.2) is 13.1 Å². The van der Waals surface area contributed by atoms with Crippen LogP contribution < -0.4 is 10.0 Å². The molecule has 1 fully saturated rings. The quantitative estimate of drug-likeness (QED) is 0.846. The Kier molecular flexibility index (Phi) is 4.07. The molecule has 114 valence electrons. The fourth-order valence-electron chi connectivity index (χ4n) is 2.14. The highest BCUT2D eigenvalue weighted by molar-refractivity contribution is 7.89. The van der Waals surface area contributed by atoms with Crippen LogP contribution in [0.5, 0.6) is 0 Å². The maximum atomic E-state index is 12.5. The second-order valence-electron chi connectivity index (χ2n) is 4.69. The molecular weight excluding hydrogens is 297 g/mol. The van der Waals surface area contributed by atoms with Gasteiger partial charge in [-0.3, -0.25) is 4.68 Å². The predicted molar refractivity (Wildman–Crippen MR) is 64.4 cm³/mol. The molecule has 1 aromatic heterocycles. The van der Waals surface area contributed by atoms with Gasteiger partial charge in [0.15, 0.2) is 5.03 Å². The number of aromatic nitrogens is 2. The molecule has 1 saturated heterocycles. The van der Waals surface area contributed by atoms with Gasteiger partial charge in [0.1, 0.15) is 6.04 Å². The Morgan fingerprint density at radius 2 is 2.15 bits per heavy atom. The van der Waals surface area contributed by atoms with Crippen LogP contribution in [-0.2, 0) is 17.1 Å². The summed E-state index contributed by atoms with van der Waals surface area (Å²) in [6.07, 6.45) is -2.98. The largest absolute Gasteiger partial charge is 0.403 e. The first-order valence-electron chi connectivity index (χ1n) is 6.00. The van der Waals surface area contributed by atoms with Crippen molar-refractivity contribution < 1.29 is 21.6 Å². The lowest BCUT2D eigenvalue weighted by Crippen LogP contribution is -2.54. The summed E-state index contributed by atoms with van der Waals surface area (Å²) in [5.74, 6) is 0. The van der Waals surface area contributed by atoms with E-state index < -0.39 is 28.3 Å². The van der Waals surface area contributed by atoms with Crippen molar-refractivity contribution in [2.24, 2.45) is 7.05 Å². The number of hydrogen-bond donors (Lipinski definition) is 2. The zero-order valence-corrected chi connectivity index (χ0v) is 11.5. The van der Waals surface area contributed by atoms with E-state index in [2.05, 4.69) is 15.1 Å². The highest BCUT2D eigenvalue weighted by Gasteiger charge is 2.42. The number of halogens is 3. The summed E-state index contributed by atoms with van der Waals surface area (Å²) in [4.78, 5) is 0. The Morgan fingerprint density at radius 3 is 2.60 bits per heavy atom. The van der Waals surface area contributed by atoms with Crippen molar-refractivity contribution in [1.29, 1.82) is 0 Å². The van der Waals surface area contributed by atoms with Gasteiger partial charge in [-0.05, 0) is 18.9 Å². The predicted octanol–water partition coefficient (Wildman–Crippen LogP) is 0.381. The number of rotatable bonds is 3. The van der Waals surface area contributed by atoms with Gasteiger partial charge in [0.05, 0.1) is 6.20 Å². The summed E-state index contributed by atoms with van der Waals surface area (Å²) >= 11 is 0. The molecule has 0 radical (unpaired) electrons. The first kappa shape index (κ1) is 15.3. The molecule has 0 aliphatic carbocycles. The SMILES string of the molecule is Cn1nccc1S(=O)(=O)NC1CCC(C(F)(F)F)NC1. The molecule has 2 atom stereocenters. The molecule has 6 nitrogen and oxygen atoms in total. The van der Waals surface area contributed by atoms with E-state index in [1.807, 2.05) is 0 Å². The van der Waals surface area contributed by atoms with Gasteiger partial charge in [0.2, 0.25) is 0 Å². The minimum Gasteiger partial charge on any atom is -0.305 e. The Labute approximate surface area is 114 Å². The first-order chi connectivity index (χ1) is 9.20. The van der Waals surface area contributed by atoms with E-state index in [0.717, 1.165) is 0 Å². The summed E-state index contributed by atoms with van der Waals surface area (Å²) in [7, 11) is -2.29. The Balaban J connectivity index is 1.98. The summed E-state index contributed by atoms with van der Waals surface area (Å²) in [5.41, 5.74) is 0. The highest BCUT2D eigenvalue weighted by atomic mass is 32.2. The van der Waals surface area contributed by atoms with Crippen molar-refractivity contribution in [1.82, 2.24) is 19.8 Å². The molecule has 0 amide bonds. The molecule has 2 heterocycles. The third-order valence-corrected chi connectivity index (χ3v) is 4.78. The lowest BCUT2D eigenvalue weighted by Gasteiger charge is -2.31. The Bertz CT molecular complexity index is 561. The molecule has 0 spiro atoms. The zero-order chi connectivity index (χ0) is 15.0. The zero-order valence-electron chi connectivity index (χ0n) is 10.7. The lowest BCUT2D eigenvalue weighted by atomic mass is 10.0. The van der Waals surface area contributed by atoms with Gasteiger partial charge >= 0.3 is 6.18 Å². The standard InChI is InChI=1S/C10H15F3N4O2S/c1-17-9(4-5-15-17)20(18,19)16-7-2-3-8(14-6-7)10(11,12)13/h4-5,7-8,14,16H,2-3,6H2,1H3. The number of piperidine rings is 1. The summed E-state index contributed by atoms with van der Waals surface area (Å²) in [6.45, 7) is -0.0543. The molecule has 2 rings (SSSR count). The molecule has 2 unspecified atom stereocenters. The molecule has 1 aliphatic heterocycles. The van der Waals surface area contributed by atoms with Gasteiger partial charge in [-0.1, -0.05) is 0 Å². The van der Waals surface area contributed by atoms with E-state index in [1.54, 1.807) is 0 Å². The highest BCUT2D eigenvalue weighted by Crippen LogP contribution is 2.26. The minimum atomic E-state index is -4.30. The molecular formula is C10H15F3N4O2S. The number of sulfonamides is 1. The second-order valence-corrected chi connectivity index (χ2v) is 6.35. The van der Waals surface area contributed by atoms with E-state index in [1.165, 1.54) is 24.0 Å². The number of nitrogens with zero attached hydrogens (tertiary/aromatic N) is 2. The molecule has 0 bridgehead atoms. The van der Waals surface area contributed by atoms with Crippen LogP contribution in [0.15, 0.2) is 17.3 Å². The van der Waals surface area contributed by atoms with E-state index >= 15 is 0 Å². The molecule has 20 heavy (non-hydrogen) atoms. The van der Waals surface area contributed by atoms with Crippen LogP contribution in [0.4, 0.5) is 13.2 Å². The monoisotopic (exact) mass is 312 g/mol. The van der Waals surface area contributed by atoms with Gasteiger partial charge in [0, 0.05) is 19.6 Å². The first-order valence-corrected chi connectivity index (χ1v) is 7.49. The molecule has 1 aromatic rings. The molecule has 0 aromatic carbocycles. The van der Waals surface area contributed by atoms with E-state index in [9.17, 15) is 21.6 Å². The van der Waals surface area contributed by atoms with Crippen molar-refractivity contribution in [3.8, 4) is 0 Å². The van der Waals surface area contributed by atoms with Crippen LogP contribution in [0.3, 0.4) is 0 Å². The van der Waals surface area contributed by atoms with E-state index in [4.69, 9.17) is 0 Å². The topological polar surface area (TPSA) is 76.0 Å². The summed E-state index contributed by atoms with van der Waals surface area (Å²) < 4.78 is 65.1. The summed E-state index contributed by atoms with van der Waals surface area (Å²) in [5, 5.41) is 6.05. The average molecular weight is 312 g/mol. The summed E-state index contributed by atoms with van der Waals surface area (Å²) in [6, 6.07) is -0.801. The van der Waals surface area contributed by atoms with Crippen LogP contribution in [0, 0.1) is 0 Å². The minimum absolute atomic E-state index is 0.0181. The van der Waals surface area contributed by atoms with Crippen molar-refractivity contribution >= 4 is 10.0 Å². The number of nitrogens with one attached hydrogen (secondary N) is 2. The number of aryl methyl sites for hydroxylation is 1. The van der Waals surface area contributed by atoms with Crippen molar-refractivity contribution in [3.63, 3.8) is 0 Å². The van der Waals surface area contributed by atoms with Crippen molar-refractivity contribution in [2.45, 2.75) is 36.1 Å². The fourth-order valence-corrected chi connectivity index (χ4v) is 3.54. The molecule has 0 saturated carbocycles.